The van der Waals surface area contributed by atoms with Gasteiger partial charge in [0.25, 0.3) is 11.8 Å². The SMILES string of the molecule is CCOc1ccc(C(=O)Nc2ccc(Oc3ccc(NC(=O)c4ccc(OCC)c(Br)c4)cc3)cc2)cc1Br. The van der Waals surface area contributed by atoms with E-state index in [1.165, 1.54) is 0 Å². The van der Waals surface area contributed by atoms with Gasteiger partial charge in [0.05, 0.1) is 22.2 Å². The van der Waals surface area contributed by atoms with E-state index in [2.05, 4.69) is 42.5 Å². The van der Waals surface area contributed by atoms with Gasteiger partial charge in [-0.1, -0.05) is 0 Å². The maximum atomic E-state index is 12.6. The Morgan fingerprint density at radius 1 is 0.615 bits per heavy atom. The summed E-state index contributed by atoms with van der Waals surface area (Å²) in [5, 5.41) is 5.75. The molecule has 0 aliphatic heterocycles. The molecule has 0 saturated carbocycles. The topological polar surface area (TPSA) is 85.9 Å². The van der Waals surface area contributed by atoms with Crippen LogP contribution in [0, 0.1) is 0 Å². The molecule has 7 nitrogen and oxygen atoms in total. The van der Waals surface area contributed by atoms with Gasteiger partial charge in [-0.05, 0) is 131 Å². The van der Waals surface area contributed by atoms with Gasteiger partial charge in [0.15, 0.2) is 0 Å². The van der Waals surface area contributed by atoms with Gasteiger partial charge in [0.2, 0.25) is 0 Å². The molecule has 0 heterocycles. The first-order valence-corrected chi connectivity index (χ1v) is 13.8. The van der Waals surface area contributed by atoms with Crippen LogP contribution in [0.3, 0.4) is 0 Å². The van der Waals surface area contributed by atoms with E-state index in [0.717, 1.165) is 8.95 Å². The van der Waals surface area contributed by atoms with Gasteiger partial charge in [-0.25, -0.2) is 0 Å². The second-order valence-corrected chi connectivity index (χ2v) is 9.92. The molecule has 0 bridgehead atoms. The molecule has 200 valence electrons. The lowest BCUT2D eigenvalue weighted by Gasteiger charge is -2.11. The number of hydrogen-bond donors (Lipinski definition) is 2. The van der Waals surface area contributed by atoms with Crippen molar-refractivity contribution in [1.82, 2.24) is 0 Å². The van der Waals surface area contributed by atoms with E-state index in [4.69, 9.17) is 14.2 Å². The standard InChI is InChI=1S/C30H26Br2N2O5/c1-3-37-27-15-5-19(17-25(27)31)29(35)33-21-7-11-23(12-8-21)39-24-13-9-22(10-14-24)34-30(36)20-6-16-28(38-4-2)26(32)18-20/h5-18H,3-4H2,1-2H3,(H,33,35)(H,34,36). The van der Waals surface area contributed by atoms with Crippen LogP contribution in [0.2, 0.25) is 0 Å². The van der Waals surface area contributed by atoms with Crippen LogP contribution >= 0.6 is 31.9 Å². The summed E-state index contributed by atoms with van der Waals surface area (Å²) in [6.07, 6.45) is 0. The number of halogens is 2. The highest BCUT2D eigenvalue weighted by Crippen LogP contribution is 2.29. The second-order valence-electron chi connectivity index (χ2n) is 8.22. The molecule has 0 aliphatic carbocycles. The summed E-state index contributed by atoms with van der Waals surface area (Å²) < 4.78 is 18.3. The molecule has 0 unspecified atom stereocenters. The summed E-state index contributed by atoms with van der Waals surface area (Å²) in [6.45, 7) is 4.89. The molecule has 4 aromatic carbocycles. The molecule has 0 aromatic heterocycles. The lowest BCUT2D eigenvalue weighted by Crippen LogP contribution is -2.12. The largest absolute Gasteiger partial charge is 0.493 e. The number of amides is 2. The quantitative estimate of drug-likeness (QED) is 0.180. The maximum Gasteiger partial charge on any atom is 0.255 e. The van der Waals surface area contributed by atoms with Crippen molar-refractivity contribution in [2.24, 2.45) is 0 Å². The predicted octanol–water partition coefficient (Wildman–Crippen LogP) is 8.31. The summed E-state index contributed by atoms with van der Waals surface area (Å²) in [7, 11) is 0. The maximum absolute atomic E-state index is 12.6. The van der Waals surface area contributed by atoms with E-state index < -0.39 is 0 Å². The van der Waals surface area contributed by atoms with Gasteiger partial charge < -0.3 is 24.8 Å². The molecular formula is C30H26Br2N2O5. The number of ether oxygens (including phenoxy) is 3. The van der Waals surface area contributed by atoms with Crippen LogP contribution in [-0.4, -0.2) is 25.0 Å². The highest BCUT2D eigenvalue weighted by Gasteiger charge is 2.11. The molecule has 2 N–H and O–H groups in total. The predicted molar refractivity (Wildman–Crippen MR) is 159 cm³/mol. The van der Waals surface area contributed by atoms with Gasteiger partial charge in [-0.2, -0.15) is 0 Å². The third kappa shape index (κ3) is 7.61. The number of carbonyl (C=O) groups excluding carboxylic acids is 2. The number of benzene rings is 4. The van der Waals surface area contributed by atoms with Crippen molar-refractivity contribution in [2.45, 2.75) is 13.8 Å². The zero-order valence-electron chi connectivity index (χ0n) is 21.3. The summed E-state index contributed by atoms with van der Waals surface area (Å²) in [5.74, 6) is 2.12. The highest BCUT2D eigenvalue weighted by molar-refractivity contribution is 9.10. The Kier molecular flexibility index (Phi) is 9.62. The van der Waals surface area contributed by atoms with Gasteiger partial charge in [0, 0.05) is 22.5 Å². The van der Waals surface area contributed by atoms with Crippen molar-refractivity contribution < 1.29 is 23.8 Å². The molecule has 0 spiro atoms. The Labute approximate surface area is 243 Å². The molecule has 0 radical (unpaired) electrons. The molecule has 39 heavy (non-hydrogen) atoms. The highest BCUT2D eigenvalue weighted by atomic mass is 79.9. The number of hydrogen-bond acceptors (Lipinski definition) is 5. The van der Waals surface area contributed by atoms with E-state index in [0.29, 0.717) is 58.7 Å². The first-order chi connectivity index (χ1) is 18.9. The Balaban J connectivity index is 1.32. The zero-order chi connectivity index (χ0) is 27.8. The minimum absolute atomic E-state index is 0.234. The first-order valence-electron chi connectivity index (χ1n) is 12.2. The molecule has 4 rings (SSSR count). The van der Waals surface area contributed by atoms with Crippen molar-refractivity contribution in [3.8, 4) is 23.0 Å². The smallest absolute Gasteiger partial charge is 0.255 e. The second kappa shape index (κ2) is 13.3. The van der Waals surface area contributed by atoms with Crippen molar-refractivity contribution in [3.63, 3.8) is 0 Å². The first kappa shape index (κ1) is 28.2. The van der Waals surface area contributed by atoms with E-state index in [1.807, 2.05) is 13.8 Å². The lowest BCUT2D eigenvalue weighted by atomic mass is 10.2. The fourth-order valence-corrected chi connectivity index (χ4v) is 4.57. The van der Waals surface area contributed by atoms with Gasteiger partial charge in [-0.15, -0.1) is 0 Å². The fourth-order valence-electron chi connectivity index (χ4n) is 3.58. The van der Waals surface area contributed by atoms with Crippen molar-refractivity contribution in [3.05, 3.63) is 105 Å². The average Bonchev–Trinajstić information content (AvgIpc) is 2.93. The summed E-state index contributed by atoms with van der Waals surface area (Å²) in [5.41, 5.74) is 2.29. The monoisotopic (exact) mass is 652 g/mol. The zero-order valence-corrected chi connectivity index (χ0v) is 24.5. The molecule has 0 aliphatic rings. The number of anilines is 2. The normalized spacial score (nSPS) is 10.5. The fraction of sp³-hybridized carbons (Fsp3) is 0.133. The van der Waals surface area contributed by atoms with Crippen LogP contribution in [0.25, 0.3) is 0 Å². The minimum atomic E-state index is -0.234. The van der Waals surface area contributed by atoms with E-state index in [9.17, 15) is 9.59 Å². The van der Waals surface area contributed by atoms with Crippen molar-refractivity contribution in [1.29, 1.82) is 0 Å². The average molecular weight is 654 g/mol. The molecule has 4 aromatic rings. The number of rotatable bonds is 10. The number of nitrogens with one attached hydrogen (secondary N) is 2. The molecule has 0 atom stereocenters. The Hall–Kier alpha value is -3.82. The van der Waals surface area contributed by atoms with Crippen LogP contribution in [0.4, 0.5) is 11.4 Å². The Morgan fingerprint density at radius 3 is 1.33 bits per heavy atom. The van der Waals surface area contributed by atoms with Crippen LogP contribution < -0.4 is 24.8 Å². The molecule has 0 saturated heterocycles. The van der Waals surface area contributed by atoms with Gasteiger partial charge in [0.1, 0.15) is 23.0 Å². The third-order valence-electron chi connectivity index (χ3n) is 5.45. The van der Waals surface area contributed by atoms with Crippen LogP contribution in [0.1, 0.15) is 34.6 Å². The number of carbonyl (C=O) groups is 2. The summed E-state index contributed by atoms with van der Waals surface area (Å²) >= 11 is 6.86. The van der Waals surface area contributed by atoms with Crippen LogP contribution in [0.5, 0.6) is 23.0 Å². The van der Waals surface area contributed by atoms with Crippen LogP contribution in [0.15, 0.2) is 93.9 Å². The molecule has 0 fully saturated rings. The van der Waals surface area contributed by atoms with E-state index in [-0.39, 0.29) is 11.8 Å². The Bertz CT molecular complexity index is 1350. The van der Waals surface area contributed by atoms with Crippen molar-refractivity contribution in [2.75, 3.05) is 23.8 Å². The minimum Gasteiger partial charge on any atom is -0.493 e. The van der Waals surface area contributed by atoms with Gasteiger partial charge in [-0.3, -0.25) is 9.59 Å². The lowest BCUT2D eigenvalue weighted by molar-refractivity contribution is 0.101. The molecule has 2 amide bonds. The Morgan fingerprint density at radius 2 is 1.00 bits per heavy atom. The summed E-state index contributed by atoms with van der Waals surface area (Å²) in [4.78, 5) is 25.3. The third-order valence-corrected chi connectivity index (χ3v) is 6.69. The van der Waals surface area contributed by atoms with Gasteiger partial charge >= 0.3 is 0 Å². The molecular weight excluding hydrogens is 628 g/mol. The summed E-state index contributed by atoms with van der Waals surface area (Å²) in [6, 6.07) is 24.5. The van der Waals surface area contributed by atoms with E-state index >= 15 is 0 Å². The van der Waals surface area contributed by atoms with E-state index in [1.54, 1.807) is 84.9 Å². The molecule has 9 heteroatoms. The van der Waals surface area contributed by atoms with Crippen LogP contribution in [-0.2, 0) is 0 Å². The van der Waals surface area contributed by atoms with Crippen molar-refractivity contribution >= 4 is 55.0 Å².